The lowest BCUT2D eigenvalue weighted by atomic mass is 10.0. The van der Waals surface area contributed by atoms with Crippen molar-refractivity contribution in [3.63, 3.8) is 0 Å². The van der Waals surface area contributed by atoms with E-state index in [0.717, 1.165) is 38.9 Å². The Morgan fingerprint density at radius 1 is 1.10 bits per heavy atom. The number of hydrogen-bond donors (Lipinski definition) is 1. The van der Waals surface area contributed by atoms with Crippen LogP contribution in [-0.4, -0.2) is 75.0 Å². The molecule has 2 aliphatic heterocycles. The normalized spacial score (nSPS) is 26.4. The van der Waals surface area contributed by atoms with Crippen molar-refractivity contribution in [3.8, 4) is 0 Å². The Labute approximate surface area is 180 Å². The molecule has 30 heavy (non-hydrogen) atoms. The quantitative estimate of drug-likeness (QED) is 0.663. The summed E-state index contributed by atoms with van der Waals surface area (Å²) in [4.78, 5) is 15.0. The summed E-state index contributed by atoms with van der Waals surface area (Å²) in [6, 6.07) is 6.28. The van der Waals surface area contributed by atoms with Gasteiger partial charge in [-0.1, -0.05) is 6.92 Å². The number of ether oxygens (including phenoxy) is 1. The van der Waals surface area contributed by atoms with E-state index in [1.165, 1.54) is 0 Å². The highest BCUT2D eigenvalue weighted by molar-refractivity contribution is 7.89. The Morgan fingerprint density at radius 3 is 2.40 bits per heavy atom. The molecule has 0 radical (unpaired) electrons. The van der Waals surface area contributed by atoms with E-state index >= 15 is 0 Å². The third-order valence-corrected chi connectivity index (χ3v) is 7.69. The molecule has 2 heterocycles. The Morgan fingerprint density at radius 2 is 1.77 bits per heavy atom. The molecule has 0 aromatic heterocycles. The van der Waals surface area contributed by atoms with E-state index in [9.17, 15) is 13.2 Å². The van der Waals surface area contributed by atoms with Gasteiger partial charge in [0, 0.05) is 44.8 Å². The van der Waals surface area contributed by atoms with Crippen LogP contribution < -0.4 is 5.32 Å². The first-order valence-electron chi connectivity index (χ1n) is 11.0. The van der Waals surface area contributed by atoms with Crippen molar-refractivity contribution in [1.82, 2.24) is 14.5 Å². The number of morpholine rings is 1. The minimum absolute atomic E-state index is 0.172. The zero-order valence-corrected chi connectivity index (χ0v) is 19.2. The fraction of sp³-hybridized carbons (Fsp3) is 0.682. The molecule has 0 saturated carbocycles. The summed E-state index contributed by atoms with van der Waals surface area (Å²) in [5.74, 6) is 0.205. The van der Waals surface area contributed by atoms with Crippen LogP contribution in [0.25, 0.3) is 0 Å². The Kier molecular flexibility index (Phi) is 7.90. The highest BCUT2D eigenvalue weighted by Gasteiger charge is 2.28. The molecule has 1 aromatic carbocycles. The Bertz CT molecular complexity index is 802. The van der Waals surface area contributed by atoms with Crippen LogP contribution in [0.3, 0.4) is 0 Å². The van der Waals surface area contributed by atoms with Gasteiger partial charge in [-0.15, -0.1) is 0 Å². The molecule has 1 aromatic rings. The maximum absolute atomic E-state index is 12.8. The summed E-state index contributed by atoms with van der Waals surface area (Å²) >= 11 is 0. The standard InChI is InChI=1S/C22H35N3O4S/c1-17-6-4-13-25(14-17)30(27,28)21-9-7-20(8-10-21)22(26)23-11-5-12-24-15-18(2)29-19(3)16-24/h7-10,17-19H,4-6,11-16H2,1-3H3,(H,23,26)/t17-,18+,19+/m1/s1. The molecule has 2 fully saturated rings. The van der Waals surface area contributed by atoms with Crippen LogP contribution in [0, 0.1) is 5.92 Å². The first kappa shape index (κ1) is 23.2. The molecule has 0 unspecified atom stereocenters. The van der Waals surface area contributed by atoms with E-state index in [0.29, 0.717) is 31.1 Å². The number of carbonyl (C=O) groups is 1. The second kappa shape index (κ2) is 10.2. The molecule has 3 atom stereocenters. The number of rotatable bonds is 7. The van der Waals surface area contributed by atoms with Crippen LogP contribution in [0.4, 0.5) is 0 Å². The molecule has 168 valence electrons. The molecule has 3 rings (SSSR count). The van der Waals surface area contributed by atoms with Crippen LogP contribution in [0.5, 0.6) is 0 Å². The van der Waals surface area contributed by atoms with Crippen molar-refractivity contribution in [2.45, 2.75) is 57.1 Å². The maximum atomic E-state index is 12.8. The molecule has 0 bridgehead atoms. The fourth-order valence-corrected chi connectivity index (χ4v) is 5.96. The van der Waals surface area contributed by atoms with Gasteiger partial charge in [-0.05, 0) is 63.3 Å². The van der Waals surface area contributed by atoms with E-state index in [4.69, 9.17) is 4.74 Å². The monoisotopic (exact) mass is 437 g/mol. The largest absolute Gasteiger partial charge is 0.373 e. The van der Waals surface area contributed by atoms with E-state index in [1.807, 2.05) is 0 Å². The van der Waals surface area contributed by atoms with Crippen molar-refractivity contribution < 1.29 is 17.9 Å². The minimum Gasteiger partial charge on any atom is -0.373 e. The summed E-state index contributed by atoms with van der Waals surface area (Å²) in [6.45, 7) is 10.7. The van der Waals surface area contributed by atoms with Gasteiger partial charge in [-0.3, -0.25) is 9.69 Å². The fourth-order valence-electron chi connectivity index (χ4n) is 4.37. The molecule has 7 nitrogen and oxygen atoms in total. The predicted octanol–water partition coefficient (Wildman–Crippen LogP) is 2.34. The highest BCUT2D eigenvalue weighted by atomic mass is 32.2. The van der Waals surface area contributed by atoms with E-state index in [2.05, 4.69) is 31.0 Å². The van der Waals surface area contributed by atoms with Crippen LogP contribution in [0.1, 0.15) is 50.4 Å². The van der Waals surface area contributed by atoms with Crippen LogP contribution in [0.15, 0.2) is 29.2 Å². The van der Waals surface area contributed by atoms with Gasteiger partial charge >= 0.3 is 0 Å². The zero-order valence-electron chi connectivity index (χ0n) is 18.3. The second-order valence-corrected chi connectivity index (χ2v) is 10.7. The van der Waals surface area contributed by atoms with Gasteiger partial charge in [0.25, 0.3) is 5.91 Å². The first-order chi connectivity index (χ1) is 14.3. The van der Waals surface area contributed by atoms with Gasteiger partial charge in [-0.25, -0.2) is 8.42 Å². The zero-order chi connectivity index (χ0) is 21.7. The molecule has 0 spiro atoms. The average molecular weight is 438 g/mol. The number of sulfonamides is 1. The minimum atomic E-state index is -3.49. The molecule has 2 saturated heterocycles. The topological polar surface area (TPSA) is 79.0 Å². The summed E-state index contributed by atoms with van der Waals surface area (Å²) in [6.07, 6.45) is 3.31. The number of nitrogens with one attached hydrogen (secondary N) is 1. The van der Waals surface area contributed by atoms with Crippen LogP contribution in [0.2, 0.25) is 0 Å². The predicted molar refractivity (Wildman–Crippen MR) is 117 cm³/mol. The number of amides is 1. The van der Waals surface area contributed by atoms with E-state index in [-0.39, 0.29) is 23.0 Å². The number of carbonyl (C=O) groups excluding carboxylic acids is 1. The van der Waals surface area contributed by atoms with Gasteiger partial charge in [-0.2, -0.15) is 4.31 Å². The van der Waals surface area contributed by atoms with Crippen molar-refractivity contribution in [1.29, 1.82) is 0 Å². The number of hydrogen-bond acceptors (Lipinski definition) is 5. The van der Waals surface area contributed by atoms with Gasteiger partial charge in [0.15, 0.2) is 0 Å². The summed E-state index contributed by atoms with van der Waals surface area (Å²) < 4.78 is 33.0. The molecular formula is C22H35N3O4S. The molecule has 8 heteroatoms. The van der Waals surface area contributed by atoms with Gasteiger partial charge in [0.2, 0.25) is 10.0 Å². The number of nitrogens with zero attached hydrogens (tertiary/aromatic N) is 2. The first-order valence-corrected chi connectivity index (χ1v) is 12.5. The molecule has 1 amide bonds. The van der Waals surface area contributed by atoms with E-state index in [1.54, 1.807) is 28.6 Å². The third kappa shape index (κ3) is 6.03. The van der Waals surface area contributed by atoms with Crippen molar-refractivity contribution >= 4 is 15.9 Å². The lowest BCUT2D eigenvalue weighted by Gasteiger charge is -2.35. The van der Waals surface area contributed by atoms with Crippen LogP contribution in [-0.2, 0) is 14.8 Å². The lowest BCUT2D eigenvalue weighted by Crippen LogP contribution is -2.46. The van der Waals surface area contributed by atoms with Gasteiger partial charge < -0.3 is 10.1 Å². The SMILES string of the molecule is C[C@@H]1CCCN(S(=O)(=O)c2ccc(C(=O)NCCCN3C[C@H](C)O[C@@H](C)C3)cc2)C1. The number of piperidine rings is 1. The van der Waals surface area contributed by atoms with Crippen molar-refractivity contribution in [2.75, 3.05) is 39.3 Å². The maximum Gasteiger partial charge on any atom is 0.251 e. The molecule has 2 aliphatic rings. The second-order valence-electron chi connectivity index (χ2n) is 8.76. The van der Waals surface area contributed by atoms with E-state index < -0.39 is 10.0 Å². The van der Waals surface area contributed by atoms with Crippen molar-refractivity contribution in [2.24, 2.45) is 5.92 Å². The third-order valence-electron chi connectivity index (χ3n) is 5.81. The van der Waals surface area contributed by atoms with Crippen LogP contribution >= 0.6 is 0 Å². The highest BCUT2D eigenvalue weighted by Crippen LogP contribution is 2.23. The lowest BCUT2D eigenvalue weighted by molar-refractivity contribution is -0.0680. The number of benzene rings is 1. The average Bonchev–Trinajstić information content (AvgIpc) is 2.70. The summed E-state index contributed by atoms with van der Waals surface area (Å²) in [5, 5.41) is 2.93. The van der Waals surface area contributed by atoms with Gasteiger partial charge in [0.05, 0.1) is 17.1 Å². The molecule has 0 aliphatic carbocycles. The Balaban J connectivity index is 1.48. The summed E-state index contributed by atoms with van der Waals surface area (Å²) in [7, 11) is -3.49. The van der Waals surface area contributed by atoms with Crippen molar-refractivity contribution in [3.05, 3.63) is 29.8 Å². The molecule has 1 N–H and O–H groups in total. The summed E-state index contributed by atoms with van der Waals surface area (Å²) in [5.41, 5.74) is 0.481. The molecular weight excluding hydrogens is 402 g/mol. The van der Waals surface area contributed by atoms with Gasteiger partial charge in [0.1, 0.15) is 0 Å². The Hall–Kier alpha value is -1.48. The smallest absolute Gasteiger partial charge is 0.251 e.